The summed E-state index contributed by atoms with van der Waals surface area (Å²) < 4.78 is 92.0. The van der Waals surface area contributed by atoms with Crippen molar-refractivity contribution in [2.45, 2.75) is 75.3 Å². The highest BCUT2D eigenvalue weighted by Crippen LogP contribution is 2.54. The van der Waals surface area contributed by atoms with Crippen LogP contribution in [0.25, 0.3) is 0 Å². The summed E-state index contributed by atoms with van der Waals surface area (Å²) in [6, 6.07) is 6.92. The minimum absolute atomic E-state index is 0.0200. The lowest BCUT2D eigenvalue weighted by atomic mass is 9.80. The second-order valence-corrected chi connectivity index (χ2v) is 24.3. The lowest BCUT2D eigenvalue weighted by Gasteiger charge is -2.43. The number of aliphatic hydroxyl groups is 2. The summed E-state index contributed by atoms with van der Waals surface area (Å²) >= 11 is 0. The van der Waals surface area contributed by atoms with Gasteiger partial charge in [-0.15, -0.1) is 8.80 Å². The van der Waals surface area contributed by atoms with Gasteiger partial charge >= 0.3 is 0 Å². The summed E-state index contributed by atoms with van der Waals surface area (Å²) in [5.74, 6) is -2.37. The molecule has 2 fully saturated rings. The first-order valence-corrected chi connectivity index (χ1v) is 26.8. The number of amides is 2. The highest BCUT2D eigenvalue weighted by molar-refractivity contribution is 7.92. The van der Waals surface area contributed by atoms with Gasteiger partial charge in [0.2, 0.25) is 10.0 Å². The molecule has 4 aliphatic carbocycles. The molecule has 8 aliphatic rings. The van der Waals surface area contributed by atoms with Crippen LogP contribution in [0.5, 0.6) is 0 Å². The Labute approximate surface area is 378 Å². The molecule has 4 heterocycles. The van der Waals surface area contributed by atoms with Crippen LogP contribution in [-0.4, -0.2) is 100 Å². The maximum Gasteiger partial charge on any atom is 0.286 e. The predicted molar refractivity (Wildman–Crippen MR) is 244 cm³/mol. The third kappa shape index (κ3) is 6.91. The van der Waals surface area contributed by atoms with Crippen LogP contribution in [0.1, 0.15) is 53.4 Å². The zero-order valence-corrected chi connectivity index (χ0v) is 38.9. The van der Waals surface area contributed by atoms with E-state index in [1.807, 2.05) is 39.8 Å². The number of carbonyl (C=O) groups excluding carboxylic acids is 2. The van der Waals surface area contributed by atoms with E-state index in [-0.39, 0.29) is 105 Å². The zero-order chi connectivity index (χ0) is 46.2. The molecule has 17 nitrogen and oxygen atoms in total. The highest BCUT2D eigenvalue weighted by atomic mass is 32.2. The Morgan fingerprint density at radius 3 is 1.43 bits per heavy atom. The molecular formula is C45H51N7O10S3. The molecule has 0 spiro atoms. The number of nitrogens with one attached hydrogen (secondary N) is 2. The standard InChI is InChI=1S/C45H51N7O10S3/c1-22(2)14-16-50-38-26-8-6-24(18-26)34(38)40(53)36(44(50)55)42-46-30-12-10-28(20-32(30)64(59,60)48-42)52(63(5,57)58)29-11-13-31-33(21-29)65(61,62)49-43(47-31)37-41(54)35-25-7-9-27(19-25)39(35)51(45(37)56)17-15-23(3)4/h6-13,20-27,34-35,38-39,53-54H,14-19H2,1-5H3,(H,46,48)(H,47,49). The van der Waals surface area contributed by atoms with Crippen molar-refractivity contribution in [3.05, 3.63) is 83.4 Å². The molecule has 2 aromatic rings. The van der Waals surface area contributed by atoms with Gasteiger partial charge in [-0.3, -0.25) is 9.59 Å². The number of carbonyl (C=O) groups is 2. The van der Waals surface area contributed by atoms with E-state index in [9.17, 15) is 45.1 Å². The monoisotopic (exact) mass is 945 g/mol. The number of sulfonamides is 3. The lowest BCUT2D eigenvalue weighted by molar-refractivity contribution is -0.133. The second kappa shape index (κ2) is 15.0. The van der Waals surface area contributed by atoms with Crippen molar-refractivity contribution in [1.29, 1.82) is 0 Å². The fourth-order valence-corrected chi connectivity index (χ4v) is 14.6. The van der Waals surface area contributed by atoms with Crippen molar-refractivity contribution in [2.75, 3.05) is 34.3 Å². The number of rotatable bonds is 11. The van der Waals surface area contributed by atoms with Gasteiger partial charge in [-0.2, -0.15) is 16.8 Å². The number of anilines is 4. The van der Waals surface area contributed by atoms with Gasteiger partial charge in [0.1, 0.15) is 32.5 Å². The van der Waals surface area contributed by atoms with Crippen LogP contribution in [0.2, 0.25) is 0 Å². The Morgan fingerprint density at radius 1 is 0.677 bits per heavy atom. The average molecular weight is 946 g/mol. The average Bonchev–Trinajstić information content (AvgIpc) is 4.03. The molecule has 65 heavy (non-hydrogen) atoms. The number of benzene rings is 2. The van der Waals surface area contributed by atoms with Crippen LogP contribution < -0.4 is 14.9 Å². The number of amidine groups is 2. The van der Waals surface area contributed by atoms with E-state index in [2.05, 4.69) is 31.6 Å². The van der Waals surface area contributed by atoms with Gasteiger partial charge in [0.05, 0.1) is 29.0 Å². The molecule has 8 unspecified atom stereocenters. The Morgan fingerprint density at radius 2 is 1.06 bits per heavy atom. The van der Waals surface area contributed by atoms with Gasteiger partial charge in [0.25, 0.3) is 31.9 Å². The molecule has 4 bridgehead atoms. The van der Waals surface area contributed by atoms with E-state index in [0.717, 1.165) is 35.5 Å². The summed E-state index contributed by atoms with van der Waals surface area (Å²) in [4.78, 5) is 31.0. The van der Waals surface area contributed by atoms with Gasteiger partial charge in [-0.05, 0) is 97.6 Å². The molecular weight excluding hydrogens is 895 g/mol. The van der Waals surface area contributed by atoms with Crippen molar-refractivity contribution in [3.8, 4) is 0 Å². The smallest absolute Gasteiger partial charge is 0.286 e. The van der Waals surface area contributed by atoms with Gasteiger partial charge in [-0.1, -0.05) is 52.0 Å². The van der Waals surface area contributed by atoms with Gasteiger partial charge in [0.15, 0.2) is 11.7 Å². The van der Waals surface area contributed by atoms with E-state index in [4.69, 9.17) is 0 Å². The maximum atomic E-state index is 14.2. The van der Waals surface area contributed by atoms with Crippen molar-refractivity contribution < 1.29 is 45.1 Å². The number of allylic oxidation sites excluding steroid dienone is 2. The number of aliphatic hydroxyl groups excluding tert-OH is 2. The number of fused-ring (bicyclic) bond motifs is 12. The molecule has 8 atom stereocenters. The Balaban J connectivity index is 0.971. The summed E-state index contributed by atoms with van der Waals surface area (Å²) in [5.41, 5.74) is -0.840. The SMILES string of the molecule is CC(C)CCN1C(=O)C(C2=NS(=O)(=O)c3cc(N(c4ccc5c(c4)S(=O)(=O)N=C(C4=C(O)C6C7C=CC(C7)C6N(CCC(C)C)C4=O)N5)S(C)(=O)=O)ccc3N2)=C(O)C2C3C=CC(C3)C21. The molecule has 0 saturated heterocycles. The predicted octanol–water partition coefficient (Wildman–Crippen LogP) is 5.59. The van der Waals surface area contributed by atoms with Gasteiger partial charge in [0, 0.05) is 37.0 Å². The van der Waals surface area contributed by atoms with Crippen molar-refractivity contribution >= 4 is 76.3 Å². The third-order valence-corrected chi connectivity index (χ3v) is 18.0. The second-order valence-electron chi connectivity index (χ2n) is 19.3. The van der Waals surface area contributed by atoms with Gasteiger partial charge in [-0.25, -0.2) is 12.7 Å². The van der Waals surface area contributed by atoms with E-state index < -0.39 is 63.5 Å². The summed E-state index contributed by atoms with van der Waals surface area (Å²) in [6.45, 7) is 9.01. The van der Waals surface area contributed by atoms with Gasteiger partial charge < -0.3 is 30.6 Å². The molecule has 20 heteroatoms. The Hall–Kier alpha value is -5.47. The molecule has 0 aromatic heterocycles. The topological polar surface area (TPSA) is 236 Å². The molecule has 4 N–H and O–H groups in total. The van der Waals surface area contributed by atoms with E-state index >= 15 is 0 Å². The fourth-order valence-electron chi connectivity index (χ4n) is 11.3. The highest BCUT2D eigenvalue weighted by Gasteiger charge is 2.57. The lowest BCUT2D eigenvalue weighted by Crippen LogP contribution is -2.54. The zero-order valence-electron chi connectivity index (χ0n) is 36.4. The van der Waals surface area contributed by atoms with Crippen LogP contribution in [0, 0.1) is 47.3 Å². The molecule has 10 rings (SSSR count). The van der Waals surface area contributed by atoms with Crippen LogP contribution in [0.3, 0.4) is 0 Å². The minimum Gasteiger partial charge on any atom is -0.511 e. The normalized spacial score (nSPS) is 30.0. The first-order valence-electron chi connectivity index (χ1n) is 22.0. The van der Waals surface area contributed by atoms with Crippen molar-refractivity contribution in [1.82, 2.24) is 9.80 Å². The third-order valence-electron chi connectivity index (χ3n) is 14.2. The fraction of sp³-hybridized carbons (Fsp3) is 0.467. The Bertz CT molecular complexity index is 2820. The molecule has 2 saturated carbocycles. The molecule has 2 amide bonds. The van der Waals surface area contributed by atoms with E-state index in [1.54, 1.807) is 9.80 Å². The van der Waals surface area contributed by atoms with Crippen molar-refractivity contribution in [3.63, 3.8) is 0 Å². The Kier molecular flexibility index (Phi) is 10.0. The summed E-state index contributed by atoms with van der Waals surface area (Å²) in [6.07, 6.45) is 12.0. The number of hydrogen-bond donors (Lipinski definition) is 4. The largest absolute Gasteiger partial charge is 0.511 e. The van der Waals surface area contributed by atoms with E-state index in [1.165, 1.54) is 24.3 Å². The summed E-state index contributed by atoms with van der Waals surface area (Å²) in [5, 5.41) is 29.2. The van der Waals surface area contributed by atoms with Crippen LogP contribution in [-0.2, 0) is 39.7 Å². The minimum atomic E-state index is -4.64. The van der Waals surface area contributed by atoms with Crippen LogP contribution >= 0.6 is 0 Å². The first-order chi connectivity index (χ1) is 30.6. The molecule has 4 aliphatic heterocycles. The molecule has 344 valence electrons. The van der Waals surface area contributed by atoms with Crippen LogP contribution in [0.15, 0.2) is 102 Å². The van der Waals surface area contributed by atoms with Crippen molar-refractivity contribution in [2.24, 2.45) is 56.1 Å². The first kappa shape index (κ1) is 43.4. The molecule has 0 radical (unpaired) electrons. The van der Waals surface area contributed by atoms with E-state index in [0.29, 0.717) is 25.9 Å². The quantitative estimate of drug-likeness (QED) is 0.202. The van der Waals surface area contributed by atoms with Crippen LogP contribution in [0.4, 0.5) is 22.7 Å². The number of nitrogens with zero attached hydrogens (tertiary/aromatic N) is 5. The number of hydrogen-bond acceptors (Lipinski definition) is 12. The maximum absolute atomic E-state index is 14.2. The molecule has 2 aromatic carbocycles. The summed E-state index contributed by atoms with van der Waals surface area (Å²) in [7, 11) is -13.6.